The Hall–Kier alpha value is -2.90. The van der Waals surface area contributed by atoms with Crippen LogP contribution < -0.4 is 15.8 Å². The molecular formula is C21H19ClN4O2S. The second kappa shape index (κ2) is 8.23. The van der Waals surface area contributed by atoms with Crippen molar-refractivity contribution in [2.75, 3.05) is 12.4 Å². The highest BCUT2D eigenvalue weighted by atomic mass is 35.5. The molecule has 4 aromatic rings. The van der Waals surface area contributed by atoms with Gasteiger partial charge in [0.25, 0.3) is 0 Å². The molecule has 3 N–H and O–H groups in total. The van der Waals surface area contributed by atoms with Crippen LogP contribution in [0.1, 0.15) is 17.8 Å². The number of fused-ring (bicyclic) bond motifs is 3. The van der Waals surface area contributed by atoms with Crippen LogP contribution in [0, 0.1) is 0 Å². The highest BCUT2D eigenvalue weighted by Crippen LogP contribution is 2.36. The molecule has 8 heteroatoms. The van der Waals surface area contributed by atoms with E-state index in [1.165, 1.54) is 0 Å². The predicted molar refractivity (Wildman–Crippen MR) is 118 cm³/mol. The Morgan fingerprint density at radius 3 is 2.83 bits per heavy atom. The largest absolute Gasteiger partial charge is 0.495 e. The summed E-state index contributed by atoms with van der Waals surface area (Å²) in [6.07, 6.45) is 0.618. The van der Waals surface area contributed by atoms with E-state index in [-0.39, 0.29) is 12.3 Å². The van der Waals surface area contributed by atoms with E-state index in [9.17, 15) is 4.79 Å². The zero-order valence-corrected chi connectivity index (χ0v) is 17.3. The third kappa shape index (κ3) is 4.11. The number of anilines is 1. The Labute approximate surface area is 176 Å². The van der Waals surface area contributed by atoms with Gasteiger partial charge in [0.15, 0.2) is 0 Å². The predicted octanol–water partition coefficient (Wildman–Crippen LogP) is 4.54. The van der Waals surface area contributed by atoms with Crippen LogP contribution in [0.15, 0.2) is 42.5 Å². The number of hydrogen-bond acceptors (Lipinski definition) is 6. The quantitative estimate of drug-likeness (QED) is 0.453. The van der Waals surface area contributed by atoms with Crippen LogP contribution in [-0.4, -0.2) is 23.0 Å². The lowest BCUT2D eigenvalue weighted by atomic mass is 10.2. The molecule has 1 amide bonds. The van der Waals surface area contributed by atoms with Crippen molar-refractivity contribution >= 4 is 55.0 Å². The van der Waals surface area contributed by atoms with Crippen molar-refractivity contribution in [1.82, 2.24) is 9.97 Å². The third-order valence-corrected chi connectivity index (χ3v) is 5.92. The molecule has 0 fully saturated rings. The van der Waals surface area contributed by atoms with E-state index in [0.29, 0.717) is 29.6 Å². The molecule has 2 aromatic carbocycles. The lowest BCUT2D eigenvalue weighted by molar-refractivity contribution is -0.118. The summed E-state index contributed by atoms with van der Waals surface area (Å²) in [6, 6.07) is 13.8. The number of rotatable bonds is 7. The third-order valence-electron chi connectivity index (χ3n) is 4.56. The number of primary amides is 1. The van der Waals surface area contributed by atoms with Gasteiger partial charge in [-0.15, -0.1) is 11.3 Å². The van der Waals surface area contributed by atoms with Crippen molar-refractivity contribution in [1.29, 1.82) is 0 Å². The molecule has 0 aliphatic rings. The monoisotopic (exact) mass is 426 g/mol. The van der Waals surface area contributed by atoms with Crippen molar-refractivity contribution in [3.8, 4) is 5.75 Å². The maximum absolute atomic E-state index is 11.2. The summed E-state index contributed by atoms with van der Waals surface area (Å²) in [4.78, 5) is 21.4. The van der Waals surface area contributed by atoms with Crippen molar-refractivity contribution < 1.29 is 9.53 Å². The van der Waals surface area contributed by atoms with Crippen molar-refractivity contribution in [3.05, 3.63) is 58.9 Å². The molecule has 0 unspecified atom stereocenters. The summed E-state index contributed by atoms with van der Waals surface area (Å²) in [5.74, 6) is 1.60. The SMILES string of the molecule is COc1ccc(CNc2nc(CCC(N)=O)nc3sc4ccccc4c23)cc1Cl. The van der Waals surface area contributed by atoms with Gasteiger partial charge in [-0.05, 0) is 23.8 Å². The Morgan fingerprint density at radius 1 is 1.24 bits per heavy atom. The van der Waals surface area contributed by atoms with Crippen LogP contribution in [0.2, 0.25) is 5.02 Å². The van der Waals surface area contributed by atoms with Gasteiger partial charge in [0, 0.05) is 29.5 Å². The number of thiophene rings is 1. The van der Waals surface area contributed by atoms with Crippen LogP contribution in [0.3, 0.4) is 0 Å². The zero-order chi connectivity index (χ0) is 20.4. The summed E-state index contributed by atoms with van der Waals surface area (Å²) in [7, 11) is 1.59. The van der Waals surface area contributed by atoms with Gasteiger partial charge >= 0.3 is 0 Å². The van der Waals surface area contributed by atoms with E-state index in [0.717, 1.165) is 31.7 Å². The molecule has 6 nitrogen and oxygen atoms in total. The van der Waals surface area contributed by atoms with Crippen molar-refractivity contribution in [2.45, 2.75) is 19.4 Å². The summed E-state index contributed by atoms with van der Waals surface area (Å²) in [6.45, 7) is 0.537. The number of carbonyl (C=O) groups excluding carboxylic acids is 1. The van der Waals surface area contributed by atoms with Gasteiger partial charge in [-0.1, -0.05) is 35.9 Å². The Morgan fingerprint density at radius 2 is 2.07 bits per heavy atom. The number of amides is 1. The Bertz CT molecular complexity index is 1210. The first-order valence-electron chi connectivity index (χ1n) is 9.08. The molecule has 0 aliphatic carbocycles. The van der Waals surface area contributed by atoms with E-state index in [4.69, 9.17) is 22.1 Å². The number of aryl methyl sites for hydroxylation is 1. The highest BCUT2D eigenvalue weighted by molar-refractivity contribution is 7.25. The lowest BCUT2D eigenvalue weighted by Gasteiger charge is -2.11. The molecule has 0 spiro atoms. The normalized spacial score (nSPS) is 11.1. The minimum atomic E-state index is -0.368. The molecule has 2 aromatic heterocycles. The maximum atomic E-state index is 11.2. The summed E-state index contributed by atoms with van der Waals surface area (Å²) in [5.41, 5.74) is 6.30. The number of nitrogens with two attached hydrogens (primary N) is 1. The van der Waals surface area contributed by atoms with Crippen LogP contribution in [0.5, 0.6) is 5.75 Å². The minimum absolute atomic E-state index is 0.212. The van der Waals surface area contributed by atoms with Crippen LogP contribution in [0.4, 0.5) is 5.82 Å². The van der Waals surface area contributed by atoms with Gasteiger partial charge in [0.05, 0.1) is 17.5 Å². The molecule has 0 saturated carbocycles. The van der Waals surface area contributed by atoms with Gasteiger partial charge < -0.3 is 15.8 Å². The summed E-state index contributed by atoms with van der Waals surface area (Å²) < 4.78 is 6.35. The molecule has 148 valence electrons. The molecule has 4 rings (SSSR count). The fourth-order valence-corrected chi connectivity index (χ4v) is 4.52. The van der Waals surface area contributed by atoms with E-state index in [2.05, 4.69) is 27.4 Å². The van der Waals surface area contributed by atoms with Crippen molar-refractivity contribution in [2.24, 2.45) is 5.73 Å². The number of nitrogens with one attached hydrogen (secondary N) is 1. The molecule has 0 aliphatic heterocycles. The second-order valence-electron chi connectivity index (χ2n) is 6.56. The minimum Gasteiger partial charge on any atom is -0.495 e. The molecule has 0 bridgehead atoms. The molecule has 29 heavy (non-hydrogen) atoms. The fourth-order valence-electron chi connectivity index (χ4n) is 3.15. The second-order valence-corrected chi connectivity index (χ2v) is 7.99. The topological polar surface area (TPSA) is 90.1 Å². The zero-order valence-electron chi connectivity index (χ0n) is 15.7. The van der Waals surface area contributed by atoms with Crippen LogP contribution in [-0.2, 0) is 17.8 Å². The average Bonchev–Trinajstić information content (AvgIpc) is 3.09. The van der Waals surface area contributed by atoms with Crippen molar-refractivity contribution in [3.63, 3.8) is 0 Å². The standard InChI is InChI=1S/C21H19ClN4O2S/c1-28-15-7-6-12(10-14(15)22)11-24-20-19-13-4-2-3-5-16(13)29-21(19)26-18(25-20)9-8-17(23)27/h2-7,10H,8-9,11H2,1H3,(H2,23,27)(H,24,25,26). The summed E-state index contributed by atoms with van der Waals surface area (Å²) >= 11 is 7.85. The number of halogens is 1. The first kappa shape index (κ1) is 19.4. The average molecular weight is 427 g/mol. The molecular weight excluding hydrogens is 408 g/mol. The van der Waals surface area contributed by atoms with Gasteiger partial charge in [-0.25, -0.2) is 9.97 Å². The number of carbonyl (C=O) groups is 1. The first-order chi connectivity index (χ1) is 14.0. The molecule has 0 saturated heterocycles. The number of nitrogens with zero attached hydrogens (tertiary/aromatic N) is 2. The number of hydrogen-bond donors (Lipinski definition) is 2. The van der Waals surface area contributed by atoms with E-state index in [1.54, 1.807) is 18.4 Å². The highest BCUT2D eigenvalue weighted by Gasteiger charge is 2.15. The van der Waals surface area contributed by atoms with Gasteiger partial charge in [-0.3, -0.25) is 4.79 Å². The van der Waals surface area contributed by atoms with E-state index < -0.39 is 0 Å². The lowest BCUT2D eigenvalue weighted by Crippen LogP contribution is -2.13. The smallest absolute Gasteiger partial charge is 0.217 e. The Kier molecular flexibility index (Phi) is 5.51. The summed E-state index contributed by atoms with van der Waals surface area (Å²) in [5, 5.41) is 6.05. The van der Waals surface area contributed by atoms with Gasteiger partial charge in [0.1, 0.15) is 22.2 Å². The van der Waals surface area contributed by atoms with Crippen LogP contribution in [0.25, 0.3) is 20.3 Å². The number of aromatic nitrogens is 2. The number of benzene rings is 2. The fraction of sp³-hybridized carbons (Fsp3) is 0.190. The molecule has 0 atom stereocenters. The molecule has 0 radical (unpaired) electrons. The number of methoxy groups -OCH3 is 1. The van der Waals surface area contributed by atoms with Gasteiger partial charge in [0.2, 0.25) is 5.91 Å². The maximum Gasteiger partial charge on any atom is 0.217 e. The van der Waals surface area contributed by atoms with Gasteiger partial charge in [-0.2, -0.15) is 0 Å². The number of ether oxygens (including phenoxy) is 1. The first-order valence-corrected chi connectivity index (χ1v) is 10.3. The van der Waals surface area contributed by atoms with E-state index >= 15 is 0 Å². The Balaban J connectivity index is 1.72. The molecule has 2 heterocycles. The van der Waals surface area contributed by atoms with Crippen LogP contribution >= 0.6 is 22.9 Å². The van der Waals surface area contributed by atoms with E-state index in [1.807, 2.05) is 30.3 Å².